The second kappa shape index (κ2) is 10.2. The van der Waals surface area contributed by atoms with Gasteiger partial charge in [0.2, 0.25) is 0 Å². The molecule has 5 nitrogen and oxygen atoms in total. The number of anilines is 1. The molecule has 3 saturated carbocycles. The smallest absolute Gasteiger partial charge is 0.194 e. The molecule has 7 rings (SSSR count). The minimum absolute atomic E-state index is 0.0229. The van der Waals surface area contributed by atoms with Gasteiger partial charge in [0, 0.05) is 47.2 Å². The number of halogens is 2. The van der Waals surface area contributed by atoms with Gasteiger partial charge in [-0.15, -0.1) is 11.3 Å². The Bertz CT molecular complexity index is 1580. The van der Waals surface area contributed by atoms with E-state index in [1.807, 2.05) is 32.2 Å². The summed E-state index contributed by atoms with van der Waals surface area (Å²) in [6.07, 6.45) is 2.18. The fraction of sp³-hybridized carbons (Fsp3) is 0.528. The molecule has 0 amide bonds. The normalized spacial score (nSPS) is 42.2. The predicted octanol–water partition coefficient (Wildman–Crippen LogP) is 7.43. The SMILES string of the molecule is C=C1C=C[C@@]2(C)C(=C1)[C@@H](F)C[C@H]1[C@@H]3C[C@H]4O[C@@H](c5ccc(Cc6cccc(NC)c6)s5)O[C@@]4(C(=O)CC)[C@@]3(C)C[C@H](O)[C@@]12F. The summed E-state index contributed by atoms with van der Waals surface area (Å²) >= 11 is 1.59. The maximum Gasteiger partial charge on any atom is 0.194 e. The molecule has 0 unspecified atom stereocenters. The number of aliphatic hydroxyl groups excluding tert-OH is 1. The zero-order chi connectivity index (χ0) is 31.2. The van der Waals surface area contributed by atoms with Gasteiger partial charge in [-0.05, 0) is 73.1 Å². The third kappa shape index (κ3) is 3.87. The van der Waals surface area contributed by atoms with E-state index < -0.39 is 58.6 Å². The molecular weight excluding hydrogens is 580 g/mol. The molecule has 1 aromatic carbocycles. The van der Waals surface area contributed by atoms with Crippen molar-refractivity contribution < 1.29 is 28.2 Å². The Morgan fingerprint density at radius 3 is 2.75 bits per heavy atom. The molecule has 1 aliphatic heterocycles. The summed E-state index contributed by atoms with van der Waals surface area (Å²) in [6.45, 7) is 9.37. The van der Waals surface area contributed by atoms with Crippen molar-refractivity contribution in [1.29, 1.82) is 0 Å². The quantitative estimate of drug-likeness (QED) is 0.351. The summed E-state index contributed by atoms with van der Waals surface area (Å²) in [7, 11) is 1.90. The molecule has 4 aliphatic carbocycles. The lowest BCUT2D eigenvalue weighted by Crippen LogP contribution is -2.70. The third-order valence-electron chi connectivity index (χ3n) is 11.7. The highest BCUT2D eigenvalue weighted by Gasteiger charge is 2.79. The first-order valence-corrected chi connectivity index (χ1v) is 16.6. The largest absolute Gasteiger partial charge is 0.390 e. The number of benzene rings is 1. The van der Waals surface area contributed by atoms with Crippen molar-refractivity contribution in [2.45, 2.75) is 88.8 Å². The highest BCUT2D eigenvalue weighted by molar-refractivity contribution is 7.12. The number of aliphatic hydroxyl groups is 1. The van der Waals surface area contributed by atoms with E-state index in [4.69, 9.17) is 9.47 Å². The van der Waals surface area contributed by atoms with Crippen LogP contribution in [0.3, 0.4) is 0 Å². The van der Waals surface area contributed by atoms with Crippen LogP contribution in [0.1, 0.15) is 68.1 Å². The topological polar surface area (TPSA) is 67.8 Å². The van der Waals surface area contributed by atoms with Gasteiger partial charge in [0.05, 0.1) is 17.1 Å². The Labute approximate surface area is 262 Å². The van der Waals surface area contributed by atoms with Crippen LogP contribution in [0.25, 0.3) is 0 Å². The van der Waals surface area contributed by atoms with Crippen molar-refractivity contribution in [3.8, 4) is 0 Å². The second-order valence-corrected chi connectivity index (χ2v) is 15.0. The molecule has 10 atom stereocenters. The van der Waals surface area contributed by atoms with Gasteiger partial charge in [0.1, 0.15) is 6.17 Å². The van der Waals surface area contributed by atoms with E-state index in [9.17, 15) is 9.90 Å². The highest BCUT2D eigenvalue weighted by atomic mass is 32.1. The number of ketones is 1. The lowest BCUT2D eigenvalue weighted by molar-refractivity contribution is -0.234. The number of hydrogen-bond donors (Lipinski definition) is 2. The number of ether oxygens (including phenoxy) is 2. The molecular formula is C36H41F2NO4S. The molecule has 4 fully saturated rings. The van der Waals surface area contributed by atoms with Crippen LogP contribution in [-0.2, 0) is 20.7 Å². The molecule has 1 aromatic heterocycles. The molecule has 8 heteroatoms. The number of fused-ring (bicyclic) bond motifs is 7. The van der Waals surface area contributed by atoms with Crippen molar-refractivity contribution in [2.24, 2.45) is 22.7 Å². The van der Waals surface area contributed by atoms with Crippen LogP contribution in [0, 0.1) is 22.7 Å². The van der Waals surface area contributed by atoms with E-state index in [1.165, 1.54) is 5.56 Å². The monoisotopic (exact) mass is 621 g/mol. The molecule has 2 aromatic rings. The summed E-state index contributed by atoms with van der Waals surface area (Å²) in [5.74, 6) is -1.34. The number of hydrogen-bond acceptors (Lipinski definition) is 6. The van der Waals surface area contributed by atoms with Gasteiger partial charge in [0.15, 0.2) is 23.3 Å². The number of nitrogens with one attached hydrogen (secondary N) is 1. The van der Waals surface area contributed by atoms with Crippen LogP contribution in [0.5, 0.6) is 0 Å². The van der Waals surface area contributed by atoms with Crippen molar-refractivity contribution in [1.82, 2.24) is 0 Å². The van der Waals surface area contributed by atoms with Crippen LogP contribution < -0.4 is 5.32 Å². The van der Waals surface area contributed by atoms with E-state index >= 15 is 8.78 Å². The van der Waals surface area contributed by atoms with Crippen molar-refractivity contribution >= 4 is 22.8 Å². The molecule has 5 aliphatic rings. The van der Waals surface area contributed by atoms with Gasteiger partial charge < -0.3 is 19.9 Å². The summed E-state index contributed by atoms with van der Waals surface area (Å²) in [5.41, 5.74) is -2.54. The van der Waals surface area contributed by atoms with E-state index in [1.54, 1.807) is 43.4 Å². The third-order valence-corrected chi connectivity index (χ3v) is 12.8. The number of allylic oxidation sites excluding steroid dienone is 5. The van der Waals surface area contributed by atoms with Crippen LogP contribution >= 0.6 is 11.3 Å². The number of Topliss-reactive ketones (excluding diaryl/α,β-unsaturated/α-hetero) is 1. The predicted molar refractivity (Wildman–Crippen MR) is 168 cm³/mol. The lowest BCUT2D eigenvalue weighted by Gasteiger charge is -2.63. The number of carbonyl (C=O) groups excluding carboxylic acids is 1. The number of thiophene rings is 1. The Morgan fingerprint density at radius 2 is 2.00 bits per heavy atom. The van der Waals surface area contributed by atoms with Gasteiger partial charge in [-0.25, -0.2) is 8.78 Å². The molecule has 0 spiro atoms. The first kappa shape index (κ1) is 30.0. The zero-order valence-corrected chi connectivity index (χ0v) is 26.6. The summed E-state index contributed by atoms with van der Waals surface area (Å²) in [6, 6.07) is 12.3. The molecule has 234 valence electrons. The van der Waals surface area contributed by atoms with Gasteiger partial charge in [-0.2, -0.15) is 0 Å². The molecule has 2 N–H and O–H groups in total. The number of carbonyl (C=O) groups is 1. The maximum atomic E-state index is 17.7. The Kier molecular flexibility index (Phi) is 6.95. The number of rotatable bonds is 6. The number of alkyl halides is 2. The summed E-state index contributed by atoms with van der Waals surface area (Å²) < 4.78 is 47.0. The molecule has 2 heterocycles. The first-order valence-electron chi connectivity index (χ1n) is 15.7. The van der Waals surface area contributed by atoms with Crippen LogP contribution in [0.4, 0.5) is 14.5 Å². The Hall–Kier alpha value is -2.65. The second-order valence-electron chi connectivity index (χ2n) is 13.8. The van der Waals surface area contributed by atoms with Crippen molar-refractivity contribution in [3.63, 3.8) is 0 Å². The fourth-order valence-electron chi connectivity index (χ4n) is 9.56. The molecule has 0 bridgehead atoms. The maximum absolute atomic E-state index is 17.7. The Balaban J connectivity index is 1.22. The van der Waals surface area contributed by atoms with Crippen LogP contribution in [0.2, 0.25) is 0 Å². The Morgan fingerprint density at radius 1 is 1.20 bits per heavy atom. The molecule has 0 radical (unpaired) electrons. The van der Waals surface area contributed by atoms with Gasteiger partial charge >= 0.3 is 0 Å². The minimum atomic E-state index is -2.11. The van der Waals surface area contributed by atoms with Crippen LogP contribution in [0.15, 0.2) is 72.4 Å². The average Bonchev–Trinajstić information content (AvgIpc) is 3.68. The fourth-order valence-corrected chi connectivity index (χ4v) is 10.6. The summed E-state index contributed by atoms with van der Waals surface area (Å²) in [4.78, 5) is 16.0. The summed E-state index contributed by atoms with van der Waals surface area (Å²) in [5, 5.41) is 15.0. The van der Waals surface area contributed by atoms with Gasteiger partial charge in [-0.1, -0.05) is 50.8 Å². The van der Waals surface area contributed by atoms with Crippen molar-refractivity contribution in [2.75, 3.05) is 12.4 Å². The highest BCUT2D eigenvalue weighted by Crippen LogP contribution is 2.73. The van der Waals surface area contributed by atoms with E-state index in [0.717, 1.165) is 21.9 Å². The van der Waals surface area contributed by atoms with E-state index in [0.29, 0.717) is 17.6 Å². The van der Waals surface area contributed by atoms with Gasteiger partial charge in [-0.3, -0.25) is 4.79 Å². The standard InChI is InChI=1S/C36H41F2NO4S/c1-6-29(40)36-31(42-32(43-36)28-11-10-23(44-28)16-21-8-7-9-22(15-21)39-5)18-24-25-17-27(37)26-14-20(2)12-13-33(26,3)35(25,38)30(41)19-34(24,36)4/h7-15,24-25,27,30-32,39,41H,2,6,16-19H2,1,3-5H3/t24-,25-,27-,30-,31+,32+,33-,34-,35-,36+/m0/s1. The van der Waals surface area contributed by atoms with E-state index in [-0.39, 0.29) is 25.0 Å². The van der Waals surface area contributed by atoms with Crippen molar-refractivity contribution in [3.05, 3.63) is 87.7 Å². The van der Waals surface area contributed by atoms with Crippen LogP contribution in [-0.4, -0.2) is 47.6 Å². The molecule has 44 heavy (non-hydrogen) atoms. The average molecular weight is 622 g/mol. The lowest BCUT2D eigenvalue weighted by atomic mass is 9.44. The van der Waals surface area contributed by atoms with Gasteiger partial charge in [0.25, 0.3) is 0 Å². The minimum Gasteiger partial charge on any atom is -0.390 e. The zero-order valence-electron chi connectivity index (χ0n) is 25.7. The first-order chi connectivity index (χ1) is 20.9. The van der Waals surface area contributed by atoms with E-state index in [2.05, 4.69) is 30.1 Å². The molecule has 1 saturated heterocycles.